The summed E-state index contributed by atoms with van der Waals surface area (Å²) in [5.41, 5.74) is 0.916. The molecule has 0 saturated heterocycles. The minimum Gasteiger partial charge on any atom is -0.393 e. The number of rotatable bonds is 0. The zero-order valence-corrected chi connectivity index (χ0v) is 12.4. The monoisotopic (exact) mass is 250 g/mol. The van der Waals surface area contributed by atoms with Gasteiger partial charge in [0.05, 0.1) is 6.10 Å². The topological polar surface area (TPSA) is 20.2 Å². The third kappa shape index (κ3) is 1.77. The van der Waals surface area contributed by atoms with Gasteiger partial charge >= 0.3 is 0 Å². The first-order valence-electron chi connectivity index (χ1n) is 8.13. The Bertz CT molecular complexity index is 322. The summed E-state index contributed by atoms with van der Waals surface area (Å²) in [5, 5.41) is 10.6. The van der Waals surface area contributed by atoms with Gasteiger partial charge in [-0.05, 0) is 67.1 Å². The molecule has 0 spiro atoms. The highest BCUT2D eigenvalue weighted by atomic mass is 16.3. The average Bonchev–Trinajstić information content (AvgIpc) is 2.27. The first-order chi connectivity index (χ1) is 8.45. The quantitative estimate of drug-likeness (QED) is 0.676. The maximum atomic E-state index is 10.6. The van der Waals surface area contributed by atoms with Gasteiger partial charge in [0, 0.05) is 0 Å². The van der Waals surface area contributed by atoms with Gasteiger partial charge in [0.2, 0.25) is 0 Å². The molecule has 18 heavy (non-hydrogen) atoms. The highest BCUT2D eigenvalue weighted by Gasteiger charge is 2.56. The van der Waals surface area contributed by atoms with Crippen LogP contribution in [0.4, 0.5) is 0 Å². The molecule has 0 bridgehead atoms. The maximum Gasteiger partial charge on any atom is 0.0576 e. The lowest BCUT2D eigenvalue weighted by molar-refractivity contribution is -0.149. The molecule has 0 aromatic heterocycles. The van der Waals surface area contributed by atoms with Gasteiger partial charge in [-0.3, -0.25) is 0 Å². The van der Waals surface area contributed by atoms with E-state index < -0.39 is 0 Å². The second-order valence-electron chi connectivity index (χ2n) is 8.26. The predicted molar refractivity (Wildman–Crippen MR) is 75.3 cm³/mol. The number of aliphatic hydroxyl groups excluding tert-OH is 1. The van der Waals surface area contributed by atoms with E-state index >= 15 is 0 Å². The fourth-order valence-electron chi connectivity index (χ4n) is 6.23. The molecule has 3 fully saturated rings. The van der Waals surface area contributed by atoms with E-state index in [2.05, 4.69) is 20.8 Å². The third-order valence-electron chi connectivity index (χ3n) is 6.86. The van der Waals surface area contributed by atoms with Crippen LogP contribution in [0.2, 0.25) is 0 Å². The van der Waals surface area contributed by atoms with E-state index in [4.69, 9.17) is 0 Å². The number of hydrogen-bond acceptors (Lipinski definition) is 1. The molecule has 0 radical (unpaired) electrons. The van der Waals surface area contributed by atoms with E-state index in [1.165, 1.54) is 44.9 Å². The molecule has 0 aliphatic heterocycles. The van der Waals surface area contributed by atoms with Gasteiger partial charge in [-0.25, -0.2) is 0 Å². The van der Waals surface area contributed by atoms with E-state index in [-0.39, 0.29) is 6.10 Å². The van der Waals surface area contributed by atoms with Crippen molar-refractivity contribution in [2.45, 2.75) is 78.2 Å². The summed E-state index contributed by atoms with van der Waals surface area (Å²) in [6, 6.07) is 0. The Hall–Kier alpha value is -0.0400. The van der Waals surface area contributed by atoms with Gasteiger partial charge in [0.15, 0.2) is 0 Å². The van der Waals surface area contributed by atoms with E-state index in [0.717, 1.165) is 18.3 Å². The Morgan fingerprint density at radius 3 is 2.44 bits per heavy atom. The SMILES string of the molecule is CC1(C)CCC[C@]2(C)[C@@H]3[C@H](CCC[C@H]3O)CC[C@@H]12. The van der Waals surface area contributed by atoms with Crippen molar-refractivity contribution in [1.29, 1.82) is 0 Å². The summed E-state index contributed by atoms with van der Waals surface area (Å²) in [6.07, 6.45) is 10.6. The molecule has 0 unspecified atom stereocenters. The maximum absolute atomic E-state index is 10.6. The minimum atomic E-state index is -0.00884. The van der Waals surface area contributed by atoms with Crippen LogP contribution in [0.3, 0.4) is 0 Å². The normalized spacial score (nSPS) is 51.3. The standard InChI is InChI=1S/C17H30O/c1-16(2)10-5-11-17(3)14(16)9-8-12-6-4-7-13(18)15(12)17/h12-15,18H,4-11H2,1-3H3/t12-,13-,14+,15-,17+/m1/s1. The van der Waals surface area contributed by atoms with Gasteiger partial charge in [0.1, 0.15) is 0 Å². The van der Waals surface area contributed by atoms with Crippen LogP contribution in [0.25, 0.3) is 0 Å². The molecule has 0 aromatic rings. The number of fused-ring (bicyclic) bond motifs is 3. The Kier molecular flexibility index (Phi) is 3.05. The van der Waals surface area contributed by atoms with Gasteiger partial charge in [-0.1, -0.05) is 33.6 Å². The Morgan fingerprint density at radius 2 is 1.67 bits per heavy atom. The van der Waals surface area contributed by atoms with Crippen LogP contribution >= 0.6 is 0 Å². The van der Waals surface area contributed by atoms with Crippen LogP contribution in [0.5, 0.6) is 0 Å². The van der Waals surface area contributed by atoms with Crippen molar-refractivity contribution in [3.8, 4) is 0 Å². The van der Waals surface area contributed by atoms with Crippen LogP contribution in [0.15, 0.2) is 0 Å². The largest absolute Gasteiger partial charge is 0.393 e. The molecule has 1 nitrogen and oxygen atoms in total. The lowest BCUT2D eigenvalue weighted by Crippen LogP contribution is -2.56. The Labute approximate surface area is 112 Å². The average molecular weight is 250 g/mol. The van der Waals surface area contributed by atoms with Gasteiger partial charge in [-0.15, -0.1) is 0 Å². The molecule has 3 rings (SSSR count). The molecular weight excluding hydrogens is 220 g/mol. The van der Waals surface area contributed by atoms with E-state index in [1.54, 1.807) is 0 Å². The zero-order valence-electron chi connectivity index (χ0n) is 12.4. The van der Waals surface area contributed by atoms with Gasteiger partial charge in [0.25, 0.3) is 0 Å². The van der Waals surface area contributed by atoms with Crippen LogP contribution < -0.4 is 0 Å². The summed E-state index contributed by atoms with van der Waals surface area (Å²) in [6.45, 7) is 7.47. The zero-order chi connectivity index (χ0) is 13.0. The van der Waals surface area contributed by atoms with E-state index in [1.807, 2.05) is 0 Å². The van der Waals surface area contributed by atoms with Crippen molar-refractivity contribution >= 4 is 0 Å². The predicted octanol–water partition coefficient (Wildman–Crippen LogP) is 4.39. The van der Waals surface area contributed by atoms with Crippen molar-refractivity contribution in [2.75, 3.05) is 0 Å². The van der Waals surface area contributed by atoms with Crippen LogP contribution in [0, 0.1) is 28.6 Å². The van der Waals surface area contributed by atoms with Crippen LogP contribution in [0.1, 0.15) is 72.1 Å². The summed E-state index contributed by atoms with van der Waals surface area (Å²) < 4.78 is 0. The van der Waals surface area contributed by atoms with E-state index in [0.29, 0.717) is 16.7 Å². The minimum absolute atomic E-state index is 0.00884. The highest BCUT2D eigenvalue weighted by Crippen LogP contribution is 2.63. The smallest absolute Gasteiger partial charge is 0.0576 e. The van der Waals surface area contributed by atoms with Gasteiger partial charge in [-0.2, -0.15) is 0 Å². The molecule has 3 aliphatic rings. The Balaban J connectivity index is 1.94. The molecule has 0 aromatic carbocycles. The Morgan fingerprint density at radius 1 is 0.889 bits per heavy atom. The molecular formula is C17H30O. The van der Waals surface area contributed by atoms with Crippen LogP contribution in [-0.2, 0) is 0 Å². The fourth-order valence-corrected chi connectivity index (χ4v) is 6.23. The summed E-state index contributed by atoms with van der Waals surface area (Å²) in [5.74, 6) is 2.27. The lowest BCUT2D eigenvalue weighted by Gasteiger charge is -2.61. The van der Waals surface area contributed by atoms with Crippen molar-refractivity contribution < 1.29 is 5.11 Å². The van der Waals surface area contributed by atoms with Gasteiger partial charge < -0.3 is 5.11 Å². The first kappa shape index (κ1) is 13.0. The summed E-state index contributed by atoms with van der Waals surface area (Å²) in [4.78, 5) is 0. The number of aliphatic hydroxyl groups is 1. The molecule has 1 N–H and O–H groups in total. The fraction of sp³-hybridized carbons (Fsp3) is 1.00. The first-order valence-corrected chi connectivity index (χ1v) is 8.13. The third-order valence-corrected chi connectivity index (χ3v) is 6.86. The highest BCUT2D eigenvalue weighted by molar-refractivity contribution is 5.06. The van der Waals surface area contributed by atoms with Crippen molar-refractivity contribution in [2.24, 2.45) is 28.6 Å². The number of hydrogen-bond donors (Lipinski definition) is 1. The lowest BCUT2D eigenvalue weighted by atomic mass is 9.44. The van der Waals surface area contributed by atoms with Crippen molar-refractivity contribution in [1.82, 2.24) is 0 Å². The second-order valence-corrected chi connectivity index (χ2v) is 8.26. The molecule has 3 aliphatic carbocycles. The van der Waals surface area contributed by atoms with E-state index in [9.17, 15) is 5.11 Å². The van der Waals surface area contributed by atoms with Crippen molar-refractivity contribution in [3.63, 3.8) is 0 Å². The molecule has 0 amide bonds. The molecule has 5 atom stereocenters. The molecule has 0 heterocycles. The second kappa shape index (κ2) is 4.23. The summed E-state index contributed by atoms with van der Waals surface area (Å²) >= 11 is 0. The molecule has 104 valence electrons. The van der Waals surface area contributed by atoms with Crippen LogP contribution in [-0.4, -0.2) is 11.2 Å². The molecule has 1 heteroatoms. The molecule has 3 saturated carbocycles. The summed E-state index contributed by atoms with van der Waals surface area (Å²) in [7, 11) is 0. The van der Waals surface area contributed by atoms with Crippen molar-refractivity contribution in [3.05, 3.63) is 0 Å².